The summed E-state index contributed by atoms with van der Waals surface area (Å²) in [6.07, 6.45) is 6.08. The largest absolute Gasteiger partial charge is 0.283 e. The predicted molar refractivity (Wildman–Crippen MR) is 129 cm³/mol. The van der Waals surface area contributed by atoms with E-state index >= 15 is 0 Å². The van der Waals surface area contributed by atoms with Gasteiger partial charge in [0.1, 0.15) is 4.83 Å². The second-order valence-electron chi connectivity index (χ2n) is 8.03. The second-order valence-corrected chi connectivity index (χ2v) is 10.1. The number of hydrogen-bond donors (Lipinski definition) is 0. The zero-order valence-electron chi connectivity index (χ0n) is 18.2. The number of aromatic nitrogens is 6. The Bertz CT molecular complexity index is 1360. The molecule has 164 valence electrons. The zero-order valence-corrected chi connectivity index (χ0v) is 19.8. The van der Waals surface area contributed by atoms with Crippen LogP contribution in [0.3, 0.4) is 0 Å². The lowest BCUT2D eigenvalue weighted by Crippen LogP contribution is -2.23. The molecule has 9 heteroatoms. The summed E-state index contributed by atoms with van der Waals surface area (Å²) in [4.78, 5) is 20.5. The van der Waals surface area contributed by atoms with E-state index in [0.29, 0.717) is 17.5 Å². The molecular formula is C23H24N6OS2. The summed E-state index contributed by atoms with van der Waals surface area (Å²) in [6.45, 7) is 8.38. The van der Waals surface area contributed by atoms with Crippen molar-refractivity contribution < 1.29 is 0 Å². The third-order valence-electron chi connectivity index (χ3n) is 5.87. The molecule has 0 saturated heterocycles. The minimum atomic E-state index is 0.0335. The molecule has 0 spiro atoms. The number of para-hydroxylation sites is 1. The van der Waals surface area contributed by atoms with Crippen LogP contribution in [0.15, 0.2) is 40.8 Å². The van der Waals surface area contributed by atoms with E-state index in [1.54, 1.807) is 26.7 Å². The average Bonchev–Trinajstić information content (AvgIpc) is 3.38. The summed E-state index contributed by atoms with van der Waals surface area (Å²) in [7, 11) is 0. The first-order valence-corrected chi connectivity index (χ1v) is 12.5. The molecule has 32 heavy (non-hydrogen) atoms. The van der Waals surface area contributed by atoms with Gasteiger partial charge in [-0.15, -0.1) is 23.0 Å². The number of nitrogens with zero attached hydrogens (tertiary/aromatic N) is 6. The van der Waals surface area contributed by atoms with Crippen molar-refractivity contribution in [3.8, 4) is 5.69 Å². The van der Waals surface area contributed by atoms with Crippen LogP contribution in [0.25, 0.3) is 15.9 Å². The van der Waals surface area contributed by atoms with Gasteiger partial charge in [0.2, 0.25) is 0 Å². The van der Waals surface area contributed by atoms with Crippen LogP contribution in [-0.2, 0) is 25.1 Å². The number of tetrazole rings is 1. The number of benzene rings is 1. The number of thioether (sulfide) groups is 1. The van der Waals surface area contributed by atoms with Gasteiger partial charge in [-0.05, 0) is 66.6 Å². The van der Waals surface area contributed by atoms with Crippen molar-refractivity contribution in [2.45, 2.75) is 57.0 Å². The molecule has 0 bridgehead atoms. The van der Waals surface area contributed by atoms with E-state index < -0.39 is 0 Å². The predicted octanol–water partition coefficient (Wildman–Crippen LogP) is 4.41. The Kier molecular flexibility index (Phi) is 5.69. The monoisotopic (exact) mass is 464 g/mol. The normalized spacial score (nSPS) is 13.4. The average molecular weight is 465 g/mol. The second kappa shape index (κ2) is 8.63. The topological polar surface area (TPSA) is 78.5 Å². The highest BCUT2D eigenvalue weighted by molar-refractivity contribution is 7.98. The SMILES string of the molecule is C=CCn1c(SCc2nnnn2-c2c(C)cccc2C)nc2sc3c(c2c1=O)CCCC3. The maximum atomic E-state index is 13.4. The minimum absolute atomic E-state index is 0.0335. The van der Waals surface area contributed by atoms with E-state index in [2.05, 4.69) is 48.1 Å². The van der Waals surface area contributed by atoms with Crippen LogP contribution in [0.2, 0.25) is 0 Å². The molecule has 4 aromatic rings. The summed E-state index contributed by atoms with van der Waals surface area (Å²) >= 11 is 3.16. The first-order valence-electron chi connectivity index (χ1n) is 10.7. The van der Waals surface area contributed by atoms with Gasteiger partial charge in [-0.25, -0.2) is 4.98 Å². The number of hydrogen-bond acceptors (Lipinski definition) is 7. The molecule has 1 aromatic carbocycles. The van der Waals surface area contributed by atoms with Gasteiger partial charge >= 0.3 is 0 Å². The standard InChI is InChI=1S/C23H24N6OS2/c1-4-12-28-22(30)19-16-10-5-6-11-17(16)32-21(19)24-23(28)31-13-18-25-26-27-29(18)20-14(2)8-7-9-15(20)3/h4,7-9H,1,5-6,10-13H2,2-3H3. The van der Waals surface area contributed by atoms with Crippen LogP contribution in [0.1, 0.15) is 40.2 Å². The van der Waals surface area contributed by atoms with Crippen LogP contribution >= 0.6 is 23.1 Å². The summed E-state index contributed by atoms with van der Waals surface area (Å²) in [6, 6.07) is 6.13. The number of fused-ring (bicyclic) bond motifs is 3. The molecule has 0 N–H and O–H groups in total. The third-order valence-corrected chi connectivity index (χ3v) is 8.03. The van der Waals surface area contributed by atoms with Crippen LogP contribution in [0, 0.1) is 13.8 Å². The number of thiophene rings is 1. The van der Waals surface area contributed by atoms with Crippen molar-refractivity contribution in [1.82, 2.24) is 29.8 Å². The molecule has 0 aliphatic heterocycles. The van der Waals surface area contributed by atoms with E-state index in [4.69, 9.17) is 4.98 Å². The van der Waals surface area contributed by atoms with Gasteiger partial charge in [-0.1, -0.05) is 36.0 Å². The van der Waals surface area contributed by atoms with Crippen LogP contribution in [-0.4, -0.2) is 29.8 Å². The molecule has 1 aliphatic rings. The minimum Gasteiger partial charge on any atom is -0.283 e. The molecule has 7 nitrogen and oxygen atoms in total. The molecule has 1 aliphatic carbocycles. The summed E-state index contributed by atoms with van der Waals surface area (Å²) in [5.74, 6) is 1.22. The van der Waals surface area contributed by atoms with Gasteiger partial charge in [0.25, 0.3) is 5.56 Å². The van der Waals surface area contributed by atoms with Crippen molar-refractivity contribution in [2.75, 3.05) is 0 Å². The zero-order chi connectivity index (χ0) is 22.2. The van der Waals surface area contributed by atoms with Gasteiger partial charge in [0.15, 0.2) is 11.0 Å². The molecular weight excluding hydrogens is 440 g/mol. The van der Waals surface area contributed by atoms with Gasteiger partial charge in [-0.3, -0.25) is 9.36 Å². The highest BCUT2D eigenvalue weighted by Gasteiger charge is 2.22. The van der Waals surface area contributed by atoms with Crippen LogP contribution in [0.5, 0.6) is 0 Å². The Morgan fingerprint density at radius 1 is 1.22 bits per heavy atom. The molecule has 0 atom stereocenters. The maximum Gasteiger partial charge on any atom is 0.263 e. The lowest BCUT2D eigenvalue weighted by atomic mass is 9.97. The quantitative estimate of drug-likeness (QED) is 0.239. The first-order chi connectivity index (χ1) is 15.6. The highest BCUT2D eigenvalue weighted by atomic mass is 32.2. The van der Waals surface area contributed by atoms with E-state index in [9.17, 15) is 4.79 Å². The lowest BCUT2D eigenvalue weighted by Gasteiger charge is -2.13. The Labute approximate surface area is 194 Å². The van der Waals surface area contributed by atoms with Crippen LogP contribution < -0.4 is 5.56 Å². The Hall–Kier alpha value is -2.78. The fourth-order valence-electron chi connectivity index (χ4n) is 4.36. The van der Waals surface area contributed by atoms with E-state index in [1.807, 2.05) is 6.07 Å². The summed E-state index contributed by atoms with van der Waals surface area (Å²) in [5.41, 5.74) is 4.45. The van der Waals surface area contributed by atoms with Crippen molar-refractivity contribution in [3.05, 3.63) is 68.6 Å². The molecule has 0 radical (unpaired) electrons. The fourth-order valence-corrected chi connectivity index (χ4v) is 6.58. The summed E-state index contributed by atoms with van der Waals surface area (Å²) < 4.78 is 3.52. The van der Waals surface area contributed by atoms with Gasteiger partial charge < -0.3 is 0 Å². The molecule has 3 heterocycles. The van der Waals surface area contributed by atoms with Crippen molar-refractivity contribution in [1.29, 1.82) is 0 Å². The highest BCUT2D eigenvalue weighted by Crippen LogP contribution is 2.35. The summed E-state index contributed by atoms with van der Waals surface area (Å²) in [5, 5.41) is 13.9. The molecule has 0 amide bonds. The Morgan fingerprint density at radius 3 is 2.78 bits per heavy atom. The number of aryl methyl sites for hydroxylation is 4. The number of allylic oxidation sites excluding steroid dienone is 1. The van der Waals surface area contributed by atoms with Crippen LogP contribution in [0.4, 0.5) is 0 Å². The Morgan fingerprint density at radius 2 is 2.00 bits per heavy atom. The van der Waals surface area contributed by atoms with Crippen molar-refractivity contribution in [2.24, 2.45) is 0 Å². The first kappa shape index (κ1) is 21.1. The van der Waals surface area contributed by atoms with Crippen molar-refractivity contribution in [3.63, 3.8) is 0 Å². The molecule has 5 rings (SSSR count). The molecule has 0 saturated carbocycles. The smallest absolute Gasteiger partial charge is 0.263 e. The molecule has 0 fully saturated rings. The molecule has 3 aromatic heterocycles. The Balaban J connectivity index is 1.53. The van der Waals surface area contributed by atoms with Gasteiger partial charge in [0.05, 0.1) is 16.8 Å². The fraction of sp³-hybridized carbons (Fsp3) is 0.348. The third kappa shape index (κ3) is 3.59. The van der Waals surface area contributed by atoms with E-state index in [1.165, 1.54) is 28.6 Å². The van der Waals surface area contributed by atoms with Gasteiger partial charge in [0, 0.05) is 11.4 Å². The number of rotatable bonds is 6. The van der Waals surface area contributed by atoms with E-state index in [-0.39, 0.29) is 5.56 Å². The lowest BCUT2D eigenvalue weighted by molar-refractivity contribution is 0.667. The van der Waals surface area contributed by atoms with Gasteiger partial charge in [-0.2, -0.15) is 4.68 Å². The van der Waals surface area contributed by atoms with E-state index in [0.717, 1.165) is 52.1 Å². The van der Waals surface area contributed by atoms with Crippen molar-refractivity contribution >= 4 is 33.3 Å². The maximum absolute atomic E-state index is 13.4. The molecule has 0 unspecified atom stereocenters.